The first-order chi connectivity index (χ1) is 13.2. The average Bonchev–Trinajstić information content (AvgIpc) is 2.73. The van der Waals surface area contributed by atoms with Crippen LogP contribution in [0.25, 0.3) is 0 Å². The SMILES string of the molecule is CCNC(=NCc1ccc(C(=O)OC)cc1)NCC(CO)c1ccccc1. The molecule has 144 valence electrons. The van der Waals surface area contributed by atoms with E-state index < -0.39 is 0 Å². The van der Waals surface area contributed by atoms with E-state index in [1.165, 1.54) is 7.11 Å². The molecule has 0 spiro atoms. The van der Waals surface area contributed by atoms with Crippen molar-refractivity contribution in [2.45, 2.75) is 19.4 Å². The summed E-state index contributed by atoms with van der Waals surface area (Å²) in [7, 11) is 1.37. The highest BCUT2D eigenvalue weighted by Gasteiger charge is 2.11. The van der Waals surface area contributed by atoms with Crippen LogP contribution in [0, 0.1) is 0 Å². The summed E-state index contributed by atoms with van der Waals surface area (Å²) in [5.74, 6) is 0.328. The molecule has 1 atom stereocenters. The number of carbonyl (C=O) groups excluding carboxylic acids is 1. The lowest BCUT2D eigenvalue weighted by molar-refractivity contribution is 0.0600. The molecule has 0 aliphatic rings. The summed E-state index contributed by atoms with van der Waals surface area (Å²) in [5, 5.41) is 16.2. The number of nitrogens with one attached hydrogen (secondary N) is 2. The molecule has 6 heteroatoms. The van der Waals surface area contributed by atoms with Gasteiger partial charge in [-0.05, 0) is 30.2 Å². The minimum atomic E-state index is -0.351. The number of ether oxygens (including phenoxy) is 1. The van der Waals surface area contributed by atoms with Gasteiger partial charge >= 0.3 is 5.97 Å². The van der Waals surface area contributed by atoms with E-state index in [2.05, 4.69) is 15.6 Å². The van der Waals surface area contributed by atoms with Crippen LogP contribution in [-0.4, -0.2) is 43.8 Å². The van der Waals surface area contributed by atoms with Gasteiger partial charge in [-0.3, -0.25) is 0 Å². The van der Waals surface area contributed by atoms with Gasteiger partial charge in [-0.1, -0.05) is 42.5 Å². The van der Waals surface area contributed by atoms with Crippen molar-refractivity contribution in [2.75, 3.05) is 26.8 Å². The Balaban J connectivity index is 1.98. The second-order valence-electron chi connectivity index (χ2n) is 6.05. The summed E-state index contributed by atoms with van der Waals surface area (Å²) >= 11 is 0. The van der Waals surface area contributed by atoms with Gasteiger partial charge in [0.05, 0.1) is 25.8 Å². The fourth-order valence-corrected chi connectivity index (χ4v) is 2.61. The Morgan fingerprint density at radius 1 is 1.11 bits per heavy atom. The van der Waals surface area contributed by atoms with E-state index in [0.717, 1.165) is 17.7 Å². The smallest absolute Gasteiger partial charge is 0.337 e. The molecule has 0 heterocycles. The molecule has 0 fully saturated rings. The number of rotatable bonds is 8. The van der Waals surface area contributed by atoms with Crippen LogP contribution < -0.4 is 10.6 Å². The molecule has 0 amide bonds. The normalized spacial score (nSPS) is 12.3. The van der Waals surface area contributed by atoms with Gasteiger partial charge in [0, 0.05) is 19.0 Å². The molecule has 2 aromatic rings. The standard InChI is InChI=1S/C21H27N3O3/c1-3-22-21(24-14-19(15-25)17-7-5-4-6-8-17)23-13-16-9-11-18(12-10-16)20(26)27-2/h4-12,19,25H,3,13-15H2,1-2H3,(H2,22,23,24). The first-order valence-electron chi connectivity index (χ1n) is 9.03. The van der Waals surface area contributed by atoms with Gasteiger partial charge in [-0.2, -0.15) is 0 Å². The summed E-state index contributed by atoms with van der Waals surface area (Å²) in [6.07, 6.45) is 0. The van der Waals surface area contributed by atoms with Crippen LogP contribution in [0.3, 0.4) is 0 Å². The number of aliphatic hydroxyl groups excluding tert-OH is 1. The zero-order valence-electron chi connectivity index (χ0n) is 15.8. The number of guanidine groups is 1. The maximum absolute atomic E-state index is 11.5. The highest BCUT2D eigenvalue weighted by Crippen LogP contribution is 2.13. The Morgan fingerprint density at radius 2 is 1.81 bits per heavy atom. The summed E-state index contributed by atoms with van der Waals surface area (Å²) in [6.45, 7) is 3.86. The first kappa shape index (κ1) is 20.5. The van der Waals surface area contributed by atoms with Gasteiger partial charge in [0.25, 0.3) is 0 Å². The zero-order chi connectivity index (χ0) is 19.5. The third kappa shape index (κ3) is 6.42. The van der Waals surface area contributed by atoms with Gasteiger partial charge in [0.1, 0.15) is 0 Å². The molecule has 3 N–H and O–H groups in total. The molecule has 0 saturated heterocycles. The van der Waals surface area contributed by atoms with Crippen LogP contribution in [-0.2, 0) is 11.3 Å². The second-order valence-corrected chi connectivity index (χ2v) is 6.05. The van der Waals surface area contributed by atoms with E-state index >= 15 is 0 Å². The number of methoxy groups -OCH3 is 1. The number of nitrogens with zero attached hydrogens (tertiary/aromatic N) is 1. The van der Waals surface area contributed by atoms with Gasteiger partial charge in [0.2, 0.25) is 0 Å². The molecule has 6 nitrogen and oxygen atoms in total. The lowest BCUT2D eigenvalue weighted by Crippen LogP contribution is -2.39. The average molecular weight is 369 g/mol. The molecule has 27 heavy (non-hydrogen) atoms. The minimum Gasteiger partial charge on any atom is -0.465 e. The second kappa shape index (κ2) is 11.0. The number of aliphatic imine (C=N–C) groups is 1. The highest BCUT2D eigenvalue weighted by molar-refractivity contribution is 5.89. The highest BCUT2D eigenvalue weighted by atomic mass is 16.5. The lowest BCUT2D eigenvalue weighted by atomic mass is 10.0. The molecular weight excluding hydrogens is 342 g/mol. The van der Waals surface area contributed by atoms with Crippen LogP contribution in [0.2, 0.25) is 0 Å². The van der Waals surface area contributed by atoms with Crippen molar-refractivity contribution in [3.63, 3.8) is 0 Å². The van der Waals surface area contributed by atoms with Crippen molar-refractivity contribution >= 4 is 11.9 Å². The summed E-state index contributed by atoms with van der Waals surface area (Å²) in [6, 6.07) is 17.1. The molecule has 0 radical (unpaired) electrons. The third-order valence-corrected chi connectivity index (χ3v) is 4.15. The summed E-state index contributed by atoms with van der Waals surface area (Å²) < 4.78 is 4.70. The molecule has 0 saturated carbocycles. The maximum atomic E-state index is 11.5. The molecule has 0 bridgehead atoms. The fourth-order valence-electron chi connectivity index (χ4n) is 2.61. The van der Waals surface area contributed by atoms with Crippen LogP contribution in [0.1, 0.15) is 34.3 Å². The molecule has 2 aromatic carbocycles. The Kier molecular flexibility index (Phi) is 8.32. The van der Waals surface area contributed by atoms with Crippen molar-refractivity contribution in [3.05, 3.63) is 71.3 Å². The van der Waals surface area contributed by atoms with Gasteiger partial charge < -0.3 is 20.5 Å². The molecular formula is C21H27N3O3. The first-order valence-corrected chi connectivity index (χ1v) is 9.03. The van der Waals surface area contributed by atoms with Crippen LogP contribution >= 0.6 is 0 Å². The monoisotopic (exact) mass is 369 g/mol. The minimum absolute atomic E-state index is 0.00519. The largest absolute Gasteiger partial charge is 0.465 e. The lowest BCUT2D eigenvalue weighted by Gasteiger charge is -2.18. The molecule has 0 aliphatic heterocycles. The van der Waals surface area contributed by atoms with Crippen LogP contribution in [0.4, 0.5) is 0 Å². The number of esters is 1. The number of aliphatic hydroxyl groups is 1. The Labute approximate surface area is 160 Å². The van der Waals surface area contributed by atoms with Crippen LogP contribution in [0.5, 0.6) is 0 Å². The molecule has 0 aromatic heterocycles. The van der Waals surface area contributed by atoms with E-state index in [9.17, 15) is 9.90 Å². The van der Waals surface area contributed by atoms with E-state index in [1.54, 1.807) is 12.1 Å². The Hall–Kier alpha value is -2.86. The number of carbonyl (C=O) groups is 1. The van der Waals surface area contributed by atoms with E-state index in [-0.39, 0.29) is 18.5 Å². The van der Waals surface area contributed by atoms with Crippen molar-refractivity contribution in [1.82, 2.24) is 10.6 Å². The van der Waals surface area contributed by atoms with Crippen molar-refractivity contribution in [2.24, 2.45) is 4.99 Å². The number of hydrogen-bond acceptors (Lipinski definition) is 4. The van der Waals surface area contributed by atoms with Crippen LogP contribution in [0.15, 0.2) is 59.6 Å². The third-order valence-electron chi connectivity index (χ3n) is 4.15. The quantitative estimate of drug-likeness (QED) is 0.378. The van der Waals surface area contributed by atoms with Crippen molar-refractivity contribution < 1.29 is 14.6 Å². The summed E-state index contributed by atoms with van der Waals surface area (Å²) in [4.78, 5) is 16.1. The topological polar surface area (TPSA) is 83.0 Å². The predicted octanol–water partition coefficient (Wildman–Crippen LogP) is 2.30. The molecule has 0 aliphatic carbocycles. The number of benzene rings is 2. The van der Waals surface area contributed by atoms with E-state index in [1.807, 2.05) is 49.4 Å². The Morgan fingerprint density at radius 3 is 2.41 bits per heavy atom. The summed E-state index contributed by atoms with van der Waals surface area (Å²) in [5.41, 5.74) is 2.59. The molecule has 2 rings (SSSR count). The fraction of sp³-hybridized carbons (Fsp3) is 0.333. The van der Waals surface area contributed by atoms with Gasteiger partial charge in [-0.25, -0.2) is 9.79 Å². The van der Waals surface area contributed by atoms with Crippen molar-refractivity contribution in [3.8, 4) is 0 Å². The van der Waals surface area contributed by atoms with Gasteiger partial charge in [-0.15, -0.1) is 0 Å². The Bertz CT molecular complexity index is 730. The van der Waals surface area contributed by atoms with Gasteiger partial charge in [0.15, 0.2) is 5.96 Å². The maximum Gasteiger partial charge on any atom is 0.337 e. The van der Waals surface area contributed by atoms with Crippen molar-refractivity contribution in [1.29, 1.82) is 0 Å². The molecule has 1 unspecified atom stereocenters. The van der Waals surface area contributed by atoms with E-state index in [0.29, 0.717) is 24.6 Å². The van der Waals surface area contributed by atoms with E-state index in [4.69, 9.17) is 4.74 Å². The number of hydrogen-bond donors (Lipinski definition) is 3. The predicted molar refractivity (Wildman–Crippen MR) is 107 cm³/mol. The zero-order valence-corrected chi connectivity index (χ0v) is 15.8.